The van der Waals surface area contributed by atoms with E-state index in [9.17, 15) is 0 Å². The Morgan fingerprint density at radius 2 is 1.04 bits per heavy atom. The molecule has 4 aliphatic carbocycles. The van der Waals surface area contributed by atoms with E-state index in [1.165, 1.54) is 64.2 Å². The van der Waals surface area contributed by atoms with Gasteiger partial charge in [-0.3, -0.25) is 0 Å². The molecule has 0 radical (unpaired) electrons. The molecule has 23 heavy (non-hydrogen) atoms. The zero-order valence-electron chi connectivity index (χ0n) is 15.0. The molecule has 0 bridgehead atoms. The molecule has 0 saturated heterocycles. The van der Waals surface area contributed by atoms with Crippen molar-refractivity contribution in [3.63, 3.8) is 0 Å². The van der Waals surface area contributed by atoms with Crippen molar-refractivity contribution < 1.29 is 21.7 Å². The van der Waals surface area contributed by atoms with E-state index < -0.39 is 0 Å². The van der Waals surface area contributed by atoms with Crippen molar-refractivity contribution in [3.05, 3.63) is 61.4 Å². The van der Waals surface area contributed by atoms with Crippen LogP contribution in [0.25, 0.3) is 0 Å². The van der Waals surface area contributed by atoms with E-state index >= 15 is 0 Å². The SMILES string of the molecule is C1=CC(CC[C@@H]2C=CC3=C2CCCC3)C2=C1CCCC2.[CH3-].[CH3-].[Ti+2]. The summed E-state index contributed by atoms with van der Waals surface area (Å²) in [5, 5.41) is 0. The van der Waals surface area contributed by atoms with Gasteiger partial charge in [0, 0.05) is 0 Å². The summed E-state index contributed by atoms with van der Waals surface area (Å²) >= 11 is 0. The molecule has 0 amide bonds. The molecule has 4 aliphatic rings. The largest absolute Gasteiger partial charge is 2.00 e. The van der Waals surface area contributed by atoms with Crippen molar-refractivity contribution in [2.75, 3.05) is 0 Å². The monoisotopic (exact) mass is 344 g/mol. The molecular formula is C22H32Ti. The quantitative estimate of drug-likeness (QED) is 0.391. The van der Waals surface area contributed by atoms with Gasteiger partial charge in [-0.1, -0.05) is 35.5 Å². The third-order valence-corrected chi connectivity index (χ3v) is 5.85. The van der Waals surface area contributed by atoms with E-state index in [0.29, 0.717) is 0 Å². The Labute approximate surface area is 159 Å². The van der Waals surface area contributed by atoms with Crippen LogP contribution < -0.4 is 0 Å². The molecule has 124 valence electrons. The third-order valence-electron chi connectivity index (χ3n) is 5.85. The van der Waals surface area contributed by atoms with E-state index in [4.69, 9.17) is 0 Å². The first-order valence-electron chi connectivity index (χ1n) is 8.72. The maximum Gasteiger partial charge on any atom is 2.00 e. The molecular weight excluding hydrogens is 312 g/mol. The van der Waals surface area contributed by atoms with E-state index in [-0.39, 0.29) is 36.6 Å². The van der Waals surface area contributed by atoms with Gasteiger partial charge in [0.25, 0.3) is 0 Å². The average molecular weight is 344 g/mol. The molecule has 0 nitrogen and oxygen atoms in total. The van der Waals surface area contributed by atoms with Gasteiger partial charge in [-0.05, 0) is 87.2 Å². The normalized spacial score (nSPS) is 27.8. The molecule has 4 rings (SSSR count). The number of hydrogen-bond donors (Lipinski definition) is 0. The molecule has 0 spiro atoms. The Morgan fingerprint density at radius 3 is 1.48 bits per heavy atom. The first kappa shape index (κ1) is 20.7. The number of allylic oxidation sites excluding steroid dienone is 8. The van der Waals surface area contributed by atoms with E-state index in [1.807, 2.05) is 0 Å². The summed E-state index contributed by atoms with van der Waals surface area (Å²) in [5.74, 6) is 1.57. The van der Waals surface area contributed by atoms with Crippen LogP contribution in [0.5, 0.6) is 0 Å². The van der Waals surface area contributed by atoms with Crippen molar-refractivity contribution in [3.8, 4) is 0 Å². The summed E-state index contributed by atoms with van der Waals surface area (Å²) in [6, 6.07) is 0. The molecule has 0 N–H and O–H groups in total. The fourth-order valence-corrected chi connectivity index (χ4v) is 4.73. The van der Waals surface area contributed by atoms with Gasteiger partial charge >= 0.3 is 21.7 Å². The first-order valence-corrected chi connectivity index (χ1v) is 8.72. The van der Waals surface area contributed by atoms with Crippen LogP contribution in [0, 0.1) is 26.7 Å². The van der Waals surface area contributed by atoms with Gasteiger partial charge in [0.05, 0.1) is 0 Å². The van der Waals surface area contributed by atoms with Crippen molar-refractivity contribution in [2.24, 2.45) is 11.8 Å². The molecule has 0 aromatic rings. The van der Waals surface area contributed by atoms with Crippen molar-refractivity contribution in [2.45, 2.75) is 64.2 Å². The molecule has 2 atom stereocenters. The molecule has 1 unspecified atom stereocenters. The Morgan fingerprint density at radius 1 is 0.652 bits per heavy atom. The van der Waals surface area contributed by atoms with Crippen molar-refractivity contribution in [1.82, 2.24) is 0 Å². The number of hydrogen-bond acceptors (Lipinski definition) is 0. The van der Waals surface area contributed by atoms with Crippen LogP contribution in [-0.2, 0) is 21.7 Å². The average Bonchev–Trinajstić information content (AvgIpc) is 3.09. The van der Waals surface area contributed by atoms with Gasteiger partial charge in [0.2, 0.25) is 0 Å². The zero-order valence-corrected chi connectivity index (χ0v) is 16.6. The topological polar surface area (TPSA) is 0 Å². The van der Waals surface area contributed by atoms with Crippen molar-refractivity contribution in [1.29, 1.82) is 0 Å². The van der Waals surface area contributed by atoms with Gasteiger partial charge in [-0.15, -0.1) is 0 Å². The van der Waals surface area contributed by atoms with Crippen LogP contribution in [0.4, 0.5) is 0 Å². The number of rotatable bonds is 3. The summed E-state index contributed by atoms with van der Waals surface area (Å²) in [7, 11) is 0. The third kappa shape index (κ3) is 4.20. The van der Waals surface area contributed by atoms with Crippen LogP contribution >= 0.6 is 0 Å². The van der Waals surface area contributed by atoms with Crippen LogP contribution in [0.2, 0.25) is 0 Å². The Balaban J connectivity index is 0.000000882. The van der Waals surface area contributed by atoms with Gasteiger partial charge in [-0.2, -0.15) is 0 Å². The minimum absolute atomic E-state index is 0. The fraction of sp³-hybridized carbons (Fsp3) is 0.545. The second-order valence-corrected chi connectivity index (χ2v) is 7.02. The minimum atomic E-state index is 0. The summed E-state index contributed by atoms with van der Waals surface area (Å²) in [5.41, 5.74) is 6.99. The van der Waals surface area contributed by atoms with E-state index in [0.717, 1.165) is 11.8 Å². The summed E-state index contributed by atoms with van der Waals surface area (Å²) in [6.45, 7) is 0. The van der Waals surface area contributed by atoms with Gasteiger partial charge in [0.15, 0.2) is 0 Å². The molecule has 0 aromatic carbocycles. The first-order chi connectivity index (χ1) is 9.92. The predicted molar refractivity (Wildman–Crippen MR) is 98.3 cm³/mol. The molecule has 0 aromatic heterocycles. The van der Waals surface area contributed by atoms with Crippen LogP contribution in [-0.4, -0.2) is 0 Å². The molecule has 0 heterocycles. The van der Waals surface area contributed by atoms with Gasteiger partial charge < -0.3 is 14.9 Å². The van der Waals surface area contributed by atoms with E-state index in [2.05, 4.69) is 24.3 Å². The summed E-state index contributed by atoms with van der Waals surface area (Å²) < 4.78 is 0. The van der Waals surface area contributed by atoms with Crippen molar-refractivity contribution >= 4 is 0 Å². The Kier molecular flexibility index (Phi) is 8.32. The second kappa shape index (κ2) is 9.23. The standard InChI is InChI=1S/C20H26.2CH3.Ti/c1-3-7-19-15(5-1)9-11-17(19)13-14-18-12-10-16-6-2-4-8-20(16)18;;;/h9-12,17-18H,1-8,13-14H2;2*1H3;/q;2*-1;+2/t17-,18?;;;/m0.../s1. The second-order valence-electron chi connectivity index (χ2n) is 7.02. The molecule has 0 aliphatic heterocycles. The maximum atomic E-state index is 2.50. The van der Waals surface area contributed by atoms with Gasteiger partial charge in [0.1, 0.15) is 0 Å². The smallest absolute Gasteiger partial charge is 0.358 e. The Bertz CT molecular complexity index is 470. The molecule has 1 heteroatoms. The van der Waals surface area contributed by atoms with Gasteiger partial charge in [-0.25, -0.2) is 0 Å². The minimum Gasteiger partial charge on any atom is -0.358 e. The summed E-state index contributed by atoms with van der Waals surface area (Å²) in [4.78, 5) is 0. The Hall–Kier alpha value is -0.326. The summed E-state index contributed by atoms with van der Waals surface area (Å²) in [6.07, 6.45) is 23.8. The maximum absolute atomic E-state index is 2.50. The fourth-order valence-electron chi connectivity index (χ4n) is 4.73. The molecule has 0 saturated carbocycles. The molecule has 0 fully saturated rings. The van der Waals surface area contributed by atoms with Crippen LogP contribution in [0.15, 0.2) is 46.6 Å². The van der Waals surface area contributed by atoms with Crippen LogP contribution in [0.3, 0.4) is 0 Å². The zero-order chi connectivity index (χ0) is 13.4. The van der Waals surface area contributed by atoms with E-state index in [1.54, 1.807) is 22.3 Å². The van der Waals surface area contributed by atoms with Crippen LogP contribution in [0.1, 0.15) is 64.2 Å². The predicted octanol–water partition coefficient (Wildman–Crippen LogP) is 6.78.